The van der Waals surface area contributed by atoms with Crippen LogP contribution in [0.3, 0.4) is 0 Å². The SMILES string of the molecule is CCOC(=O)CC(C)(O)CCc1ccc(OC(F)F)cc1. The van der Waals surface area contributed by atoms with Gasteiger partial charge >= 0.3 is 12.6 Å². The summed E-state index contributed by atoms with van der Waals surface area (Å²) in [5, 5.41) is 10.1. The van der Waals surface area contributed by atoms with Gasteiger partial charge in [-0.15, -0.1) is 0 Å². The standard InChI is InChI=1S/C15H20F2O4/c1-3-20-13(18)10-15(2,19)9-8-11-4-6-12(7-5-11)21-14(16)17/h4-7,14,19H,3,8-10H2,1-2H3. The number of ether oxygens (including phenoxy) is 2. The zero-order valence-corrected chi connectivity index (χ0v) is 12.1. The highest BCUT2D eigenvalue weighted by Gasteiger charge is 2.24. The highest BCUT2D eigenvalue weighted by Crippen LogP contribution is 2.21. The number of rotatable bonds is 8. The van der Waals surface area contributed by atoms with Crippen molar-refractivity contribution in [2.75, 3.05) is 6.61 Å². The lowest BCUT2D eigenvalue weighted by Gasteiger charge is -2.22. The molecule has 118 valence electrons. The van der Waals surface area contributed by atoms with Gasteiger partial charge in [0.2, 0.25) is 0 Å². The third kappa shape index (κ3) is 7.04. The molecule has 0 radical (unpaired) electrons. The van der Waals surface area contributed by atoms with E-state index in [1.165, 1.54) is 12.1 Å². The van der Waals surface area contributed by atoms with E-state index in [9.17, 15) is 18.7 Å². The van der Waals surface area contributed by atoms with Crippen LogP contribution in [0.2, 0.25) is 0 Å². The monoisotopic (exact) mass is 302 g/mol. The fraction of sp³-hybridized carbons (Fsp3) is 0.533. The summed E-state index contributed by atoms with van der Waals surface area (Å²) in [5.41, 5.74) is -0.300. The Kier molecular flexibility index (Phi) is 6.55. The molecule has 0 aliphatic carbocycles. The minimum absolute atomic E-state index is 0.0760. The number of benzene rings is 1. The average molecular weight is 302 g/mol. The van der Waals surface area contributed by atoms with Crippen LogP contribution in [0.5, 0.6) is 5.75 Å². The lowest BCUT2D eigenvalue weighted by Crippen LogP contribution is -2.29. The largest absolute Gasteiger partial charge is 0.466 e. The summed E-state index contributed by atoms with van der Waals surface area (Å²) in [7, 11) is 0. The van der Waals surface area contributed by atoms with E-state index in [0.717, 1.165) is 5.56 Å². The molecule has 0 spiro atoms. The van der Waals surface area contributed by atoms with Crippen molar-refractivity contribution < 1.29 is 28.2 Å². The number of halogens is 2. The number of aryl methyl sites for hydroxylation is 1. The van der Waals surface area contributed by atoms with Gasteiger partial charge in [-0.3, -0.25) is 4.79 Å². The lowest BCUT2D eigenvalue weighted by molar-refractivity contribution is -0.148. The van der Waals surface area contributed by atoms with Crippen molar-refractivity contribution in [1.29, 1.82) is 0 Å². The molecule has 1 unspecified atom stereocenters. The predicted octanol–water partition coefficient (Wildman–Crippen LogP) is 2.92. The van der Waals surface area contributed by atoms with Gasteiger partial charge in [-0.2, -0.15) is 8.78 Å². The number of carbonyl (C=O) groups is 1. The van der Waals surface area contributed by atoms with E-state index in [1.807, 2.05) is 0 Å². The fourth-order valence-electron chi connectivity index (χ4n) is 1.86. The van der Waals surface area contributed by atoms with Crippen LogP contribution in [0.25, 0.3) is 0 Å². The second-order valence-corrected chi connectivity index (χ2v) is 5.00. The molecule has 0 amide bonds. The summed E-state index contributed by atoms with van der Waals surface area (Å²) >= 11 is 0. The predicted molar refractivity (Wildman–Crippen MR) is 73.3 cm³/mol. The molecule has 1 atom stereocenters. The summed E-state index contributed by atoms with van der Waals surface area (Å²) in [5.74, 6) is -0.352. The first-order chi connectivity index (χ1) is 9.82. The van der Waals surface area contributed by atoms with Gasteiger partial charge in [-0.1, -0.05) is 12.1 Å². The summed E-state index contributed by atoms with van der Waals surface area (Å²) in [6, 6.07) is 6.19. The van der Waals surface area contributed by atoms with Crippen LogP contribution in [0, 0.1) is 0 Å². The van der Waals surface area contributed by atoms with Crippen LogP contribution in [0.15, 0.2) is 24.3 Å². The second kappa shape index (κ2) is 7.93. The number of esters is 1. The molecule has 0 saturated carbocycles. The Balaban J connectivity index is 2.48. The van der Waals surface area contributed by atoms with Gasteiger partial charge < -0.3 is 14.6 Å². The molecule has 6 heteroatoms. The Bertz CT molecular complexity index is 443. The first-order valence-electron chi connectivity index (χ1n) is 6.74. The topological polar surface area (TPSA) is 55.8 Å². The average Bonchev–Trinajstić information content (AvgIpc) is 2.37. The quantitative estimate of drug-likeness (QED) is 0.750. The van der Waals surface area contributed by atoms with E-state index in [2.05, 4.69) is 4.74 Å². The van der Waals surface area contributed by atoms with Crippen molar-refractivity contribution in [3.05, 3.63) is 29.8 Å². The third-order valence-corrected chi connectivity index (χ3v) is 2.93. The van der Waals surface area contributed by atoms with Gasteiger partial charge in [0.05, 0.1) is 18.6 Å². The Hall–Kier alpha value is -1.69. The molecule has 1 N–H and O–H groups in total. The first-order valence-corrected chi connectivity index (χ1v) is 6.74. The zero-order chi connectivity index (χ0) is 15.9. The number of hydrogen-bond donors (Lipinski definition) is 1. The summed E-state index contributed by atoms with van der Waals surface area (Å²) in [6.45, 7) is 0.704. The van der Waals surface area contributed by atoms with Crippen LogP contribution in [0.1, 0.15) is 32.3 Å². The lowest BCUT2D eigenvalue weighted by atomic mass is 9.94. The maximum atomic E-state index is 12.0. The molecular weight excluding hydrogens is 282 g/mol. The summed E-state index contributed by atoms with van der Waals surface area (Å²) in [6.07, 6.45) is 0.801. The van der Waals surface area contributed by atoms with Crippen LogP contribution < -0.4 is 4.74 Å². The number of aliphatic hydroxyl groups is 1. The fourth-order valence-corrected chi connectivity index (χ4v) is 1.86. The van der Waals surface area contributed by atoms with Crippen LogP contribution in [-0.4, -0.2) is 29.9 Å². The molecule has 0 bridgehead atoms. The number of carbonyl (C=O) groups excluding carboxylic acids is 1. The van der Waals surface area contributed by atoms with Crippen molar-refractivity contribution in [2.24, 2.45) is 0 Å². The molecule has 21 heavy (non-hydrogen) atoms. The van der Waals surface area contributed by atoms with Gasteiger partial charge in [0.15, 0.2) is 0 Å². The Morgan fingerprint density at radius 2 is 1.95 bits per heavy atom. The van der Waals surface area contributed by atoms with Crippen LogP contribution in [-0.2, 0) is 16.0 Å². The van der Waals surface area contributed by atoms with Gasteiger partial charge in [0.1, 0.15) is 5.75 Å². The Morgan fingerprint density at radius 1 is 1.33 bits per heavy atom. The molecule has 0 fully saturated rings. The Labute approximate surface area is 122 Å². The van der Waals surface area contributed by atoms with Crippen molar-refractivity contribution >= 4 is 5.97 Å². The van der Waals surface area contributed by atoms with E-state index in [0.29, 0.717) is 12.8 Å². The molecule has 1 aromatic carbocycles. The van der Waals surface area contributed by atoms with Gasteiger partial charge in [0, 0.05) is 0 Å². The van der Waals surface area contributed by atoms with Gasteiger partial charge in [-0.25, -0.2) is 0 Å². The third-order valence-electron chi connectivity index (χ3n) is 2.93. The number of hydrogen-bond acceptors (Lipinski definition) is 4. The van der Waals surface area contributed by atoms with Crippen molar-refractivity contribution in [3.8, 4) is 5.75 Å². The molecule has 0 heterocycles. The second-order valence-electron chi connectivity index (χ2n) is 5.00. The first kappa shape index (κ1) is 17.4. The van der Waals surface area contributed by atoms with E-state index in [4.69, 9.17) is 4.74 Å². The highest BCUT2D eigenvalue weighted by molar-refractivity contribution is 5.70. The van der Waals surface area contributed by atoms with Crippen molar-refractivity contribution in [1.82, 2.24) is 0 Å². The van der Waals surface area contributed by atoms with Crippen molar-refractivity contribution in [2.45, 2.75) is 45.3 Å². The smallest absolute Gasteiger partial charge is 0.387 e. The molecule has 0 saturated heterocycles. The molecule has 1 rings (SSSR count). The minimum atomic E-state index is -2.85. The molecule has 0 aliphatic rings. The molecular formula is C15H20F2O4. The molecule has 4 nitrogen and oxygen atoms in total. The van der Waals surface area contributed by atoms with E-state index < -0.39 is 18.2 Å². The van der Waals surface area contributed by atoms with E-state index in [-0.39, 0.29) is 18.8 Å². The van der Waals surface area contributed by atoms with Crippen LogP contribution >= 0.6 is 0 Å². The molecule has 0 aromatic heterocycles. The van der Waals surface area contributed by atoms with E-state index >= 15 is 0 Å². The van der Waals surface area contributed by atoms with Crippen molar-refractivity contribution in [3.63, 3.8) is 0 Å². The highest BCUT2D eigenvalue weighted by atomic mass is 19.3. The number of alkyl halides is 2. The maximum absolute atomic E-state index is 12.0. The van der Waals surface area contributed by atoms with E-state index in [1.54, 1.807) is 26.0 Å². The summed E-state index contributed by atoms with van der Waals surface area (Å²) in [4.78, 5) is 11.3. The molecule has 1 aromatic rings. The molecule has 0 aliphatic heterocycles. The Morgan fingerprint density at radius 3 is 2.48 bits per heavy atom. The summed E-state index contributed by atoms with van der Waals surface area (Å²) < 4.78 is 33.1. The van der Waals surface area contributed by atoms with Gasteiger partial charge in [-0.05, 0) is 44.4 Å². The van der Waals surface area contributed by atoms with Crippen LogP contribution in [0.4, 0.5) is 8.78 Å². The zero-order valence-electron chi connectivity index (χ0n) is 12.1. The normalized spacial score (nSPS) is 13.8. The minimum Gasteiger partial charge on any atom is -0.466 e. The van der Waals surface area contributed by atoms with Gasteiger partial charge in [0.25, 0.3) is 0 Å². The maximum Gasteiger partial charge on any atom is 0.387 e.